The highest BCUT2D eigenvalue weighted by Gasteiger charge is 2.21. The molecule has 8 nitrogen and oxygen atoms in total. The third-order valence-corrected chi connectivity index (χ3v) is 6.20. The lowest BCUT2D eigenvalue weighted by molar-refractivity contribution is 0.0996. The maximum atomic E-state index is 11.9. The van der Waals surface area contributed by atoms with Gasteiger partial charge in [-0.15, -0.1) is 0 Å². The number of nitriles is 1. The van der Waals surface area contributed by atoms with Crippen molar-refractivity contribution in [2.24, 2.45) is 5.73 Å². The summed E-state index contributed by atoms with van der Waals surface area (Å²) in [5.74, 6) is 1.08. The average molecular weight is 420 g/mol. The van der Waals surface area contributed by atoms with Crippen LogP contribution >= 0.6 is 0 Å². The smallest absolute Gasteiger partial charge is 0.271 e. The fourth-order valence-corrected chi connectivity index (χ4v) is 4.42. The minimum atomic E-state index is -0.596. The van der Waals surface area contributed by atoms with Gasteiger partial charge in [-0.1, -0.05) is 12.1 Å². The molecular weight excluding hydrogens is 390 g/mol. The first kappa shape index (κ1) is 21.1. The van der Waals surface area contributed by atoms with E-state index in [-0.39, 0.29) is 5.69 Å². The van der Waals surface area contributed by atoms with Crippen LogP contribution < -0.4 is 16.0 Å². The van der Waals surface area contributed by atoms with Gasteiger partial charge >= 0.3 is 0 Å². The Morgan fingerprint density at radius 3 is 2.48 bits per heavy atom. The Kier molecular flexibility index (Phi) is 6.63. The number of primary amides is 1. The van der Waals surface area contributed by atoms with Gasteiger partial charge in [0.15, 0.2) is 11.5 Å². The zero-order valence-corrected chi connectivity index (χ0v) is 17.8. The maximum Gasteiger partial charge on any atom is 0.271 e. The molecule has 8 heteroatoms. The minimum Gasteiger partial charge on any atom is -0.364 e. The summed E-state index contributed by atoms with van der Waals surface area (Å²) in [7, 11) is 0. The lowest BCUT2D eigenvalue weighted by atomic mass is 9.89. The molecular formula is C23H29N7O. The van der Waals surface area contributed by atoms with Crippen molar-refractivity contribution in [2.75, 3.05) is 42.9 Å². The number of nitrogens with two attached hydrogens (primary N) is 1. The largest absolute Gasteiger partial charge is 0.364 e. The summed E-state index contributed by atoms with van der Waals surface area (Å²) in [6.45, 7) is 4.32. The van der Waals surface area contributed by atoms with E-state index in [9.17, 15) is 4.79 Å². The van der Waals surface area contributed by atoms with E-state index in [0.717, 1.165) is 63.4 Å². The Morgan fingerprint density at radius 2 is 1.84 bits per heavy atom. The predicted octanol–water partition coefficient (Wildman–Crippen LogP) is 3.01. The van der Waals surface area contributed by atoms with Crippen molar-refractivity contribution in [2.45, 2.75) is 38.0 Å². The molecule has 2 aliphatic rings. The Balaban J connectivity index is 1.47. The molecule has 0 aliphatic carbocycles. The lowest BCUT2D eigenvalue weighted by Gasteiger charge is -2.30. The fourth-order valence-electron chi connectivity index (χ4n) is 4.42. The summed E-state index contributed by atoms with van der Waals surface area (Å²) in [6.07, 6.45) is 7.27. The number of nitrogens with one attached hydrogen (secondary N) is 1. The van der Waals surface area contributed by atoms with Gasteiger partial charge in [-0.2, -0.15) is 5.26 Å². The van der Waals surface area contributed by atoms with Crippen LogP contribution in [0.3, 0.4) is 0 Å². The van der Waals surface area contributed by atoms with Crippen LogP contribution in [-0.2, 0) is 0 Å². The third kappa shape index (κ3) is 5.12. The summed E-state index contributed by atoms with van der Waals surface area (Å²) >= 11 is 0. The van der Waals surface area contributed by atoms with Crippen molar-refractivity contribution >= 4 is 23.2 Å². The van der Waals surface area contributed by atoms with Crippen LogP contribution in [0.4, 0.5) is 17.3 Å². The van der Waals surface area contributed by atoms with Crippen LogP contribution in [-0.4, -0.2) is 53.5 Å². The first-order valence-corrected chi connectivity index (χ1v) is 11.0. The molecule has 0 bridgehead atoms. The van der Waals surface area contributed by atoms with Gasteiger partial charge in [-0.05, 0) is 68.8 Å². The van der Waals surface area contributed by atoms with Gasteiger partial charge in [0.2, 0.25) is 0 Å². The van der Waals surface area contributed by atoms with Gasteiger partial charge in [0.25, 0.3) is 5.91 Å². The van der Waals surface area contributed by atoms with E-state index in [1.54, 1.807) is 6.20 Å². The van der Waals surface area contributed by atoms with Gasteiger partial charge in [0.05, 0.1) is 18.8 Å². The van der Waals surface area contributed by atoms with Crippen molar-refractivity contribution in [1.29, 1.82) is 5.26 Å². The van der Waals surface area contributed by atoms with Crippen LogP contribution in [0, 0.1) is 11.3 Å². The van der Waals surface area contributed by atoms with E-state index >= 15 is 0 Å². The van der Waals surface area contributed by atoms with Gasteiger partial charge in [-0.3, -0.25) is 9.69 Å². The van der Waals surface area contributed by atoms with E-state index < -0.39 is 5.91 Å². The molecule has 0 atom stereocenters. The number of hydrogen-bond donors (Lipinski definition) is 2. The monoisotopic (exact) mass is 419 g/mol. The molecule has 0 radical (unpaired) electrons. The molecule has 162 valence electrons. The summed E-state index contributed by atoms with van der Waals surface area (Å²) in [4.78, 5) is 25.2. The summed E-state index contributed by atoms with van der Waals surface area (Å²) < 4.78 is 0. The second kappa shape index (κ2) is 9.75. The van der Waals surface area contributed by atoms with E-state index in [2.05, 4.69) is 43.3 Å². The summed E-state index contributed by atoms with van der Waals surface area (Å²) in [5.41, 5.74) is 7.82. The molecule has 0 unspecified atom stereocenters. The highest BCUT2D eigenvalue weighted by molar-refractivity contribution is 5.96. The van der Waals surface area contributed by atoms with E-state index in [1.807, 2.05) is 12.1 Å². The molecule has 2 aromatic rings. The molecule has 2 saturated heterocycles. The molecule has 31 heavy (non-hydrogen) atoms. The zero-order valence-electron chi connectivity index (χ0n) is 17.8. The minimum absolute atomic E-state index is 0.148. The van der Waals surface area contributed by atoms with E-state index in [1.165, 1.54) is 12.0 Å². The standard InChI is InChI=1S/C23H29N7O/c24-10-15-29-13-8-18(9-14-29)17-4-6-19(7-5-17)27-23-21(22(25)31)26-16-20(28-23)30-11-2-1-3-12-30/h4-7,16,18H,1-3,8-9,11-15H2,(H2,25,31)(H,27,28). The van der Waals surface area contributed by atoms with Gasteiger partial charge in [-0.25, -0.2) is 9.97 Å². The molecule has 1 aromatic carbocycles. The number of carbonyl (C=O) groups is 1. The van der Waals surface area contributed by atoms with Crippen molar-refractivity contribution in [3.8, 4) is 6.07 Å². The molecule has 0 saturated carbocycles. The number of likely N-dealkylation sites (tertiary alicyclic amines) is 1. The van der Waals surface area contributed by atoms with Gasteiger partial charge in [0, 0.05) is 18.8 Å². The van der Waals surface area contributed by atoms with Crippen molar-refractivity contribution in [3.05, 3.63) is 41.7 Å². The molecule has 3 heterocycles. The molecule has 2 fully saturated rings. The van der Waals surface area contributed by atoms with Crippen LogP contribution in [0.5, 0.6) is 0 Å². The molecule has 0 spiro atoms. The second-order valence-corrected chi connectivity index (χ2v) is 8.29. The number of rotatable bonds is 6. The Labute approximate surface area is 183 Å². The number of aromatic nitrogens is 2. The number of benzene rings is 1. The van der Waals surface area contributed by atoms with Crippen LogP contribution in [0.25, 0.3) is 0 Å². The number of carbonyl (C=O) groups excluding carboxylic acids is 1. The second-order valence-electron chi connectivity index (χ2n) is 8.29. The molecule has 3 N–H and O–H groups in total. The highest BCUT2D eigenvalue weighted by Crippen LogP contribution is 2.30. The Morgan fingerprint density at radius 1 is 1.13 bits per heavy atom. The Hall–Kier alpha value is -3.18. The van der Waals surface area contributed by atoms with Crippen molar-refractivity contribution < 1.29 is 4.79 Å². The van der Waals surface area contributed by atoms with Gasteiger partial charge < -0.3 is 16.0 Å². The predicted molar refractivity (Wildman–Crippen MR) is 120 cm³/mol. The Bertz CT molecular complexity index is 939. The summed E-state index contributed by atoms with van der Waals surface area (Å²) in [6, 6.07) is 10.5. The average Bonchev–Trinajstić information content (AvgIpc) is 2.81. The van der Waals surface area contributed by atoms with Crippen LogP contribution in [0.2, 0.25) is 0 Å². The number of hydrogen-bond acceptors (Lipinski definition) is 7. The highest BCUT2D eigenvalue weighted by atomic mass is 16.1. The zero-order chi connectivity index (χ0) is 21.6. The van der Waals surface area contributed by atoms with Crippen molar-refractivity contribution in [1.82, 2.24) is 14.9 Å². The molecule has 1 aromatic heterocycles. The third-order valence-electron chi connectivity index (χ3n) is 6.20. The lowest BCUT2D eigenvalue weighted by Crippen LogP contribution is -2.33. The summed E-state index contributed by atoms with van der Waals surface area (Å²) in [5, 5.41) is 12.1. The molecule has 1 amide bonds. The van der Waals surface area contributed by atoms with Gasteiger partial charge in [0.1, 0.15) is 5.82 Å². The fraction of sp³-hybridized carbons (Fsp3) is 0.478. The quantitative estimate of drug-likeness (QED) is 0.692. The first-order chi connectivity index (χ1) is 15.1. The topological polar surface area (TPSA) is 111 Å². The van der Waals surface area contributed by atoms with Crippen molar-refractivity contribution in [3.63, 3.8) is 0 Å². The number of nitrogens with zero attached hydrogens (tertiary/aromatic N) is 5. The maximum absolute atomic E-state index is 11.9. The first-order valence-electron chi connectivity index (χ1n) is 11.0. The number of anilines is 3. The SMILES string of the molecule is N#CCN1CCC(c2ccc(Nc3nc(N4CCCCC4)cnc3C(N)=O)cc2)CC1. The van der Waals surface area contributed by atoms with E-state index in [4.69, 9.17) is 11.0 Å². The number of piperidine rings is 2. The van der Waals surface area contributed by atoms with Crippen LogP contribution in [0.1, 0.15) is 54.1 Å². The van der Waals surface area contributed by atoms with Crippen LogP contribution in [0.15, 0.2) is 30.5 Å². The number of amides is 1. The normalized spacial score (nSPS) is 17.8. The molecule has 2 aliphatic heterocycles. The molecule has 4 rings (SSSR count). The van der Waals surface area contributed by atoms with E-state index in [0.29, 0.717) is 18.3 Å².